The van der Waals surface area contributed by atoms with Gasteiger partial charge in [-0.05, 0) is 53.2 Å². The Balaban J connectivity index is 1.41. The van der Waals surface area contributed by atoms with Gasteiger partial charge in [0.2, 0.25) is 11.8 Å². The number of hydrogen-bond acceptors (Lipinski definition) is 11. The monoisotopic (exact) mass is 757 g/mol. The van der Waals surface area contributed by atoms with Gasteiger partial charge in [0.25, 0.3) is 11.8 Å². The first-order valence-electron chi connectivity index (χ1n) is 17.6. The van der Waals surface area contributed by atoms with Gasteiger partial charge in [0.05, 0.1) is 29.2 Å². The summed E-state index contributed by atoms with van der Waals surface area (Å²) in [6, 6.07) is 0. The summed E-state index contributed by atoms with van der Waals surface area (Å²) >= 11 is 6.31. The Bertz CT molecular complexity index is 1810. The number of piperazine rings is 1. The number of aromatic hydroxyl groups is 1. The van der Waals surface area contributed by atoms with Crippen LogP contribution in [0.25, 0.3) is 0 Å². The smallest absolute Gasteiger partial charge is 0.287 e. The lowest BCUT2D eigenvalue weighted by atomic mass is 10.1. The van der Waals surface area contributed by atoms with Gasteiger partial charge in [0, 0.05) is 56.1 Å². The van der Waals surface area contributed by atoms with E-state index in [1.54, 1.807) is 29.8 Å². The van der Waals surface area contributed by atoms with Crippen LogP contribution in [0.5, 0.6) is 5.75 Å². The van der Waals surface area contributed by atoms with E-state index in [-0.39, 0.29) is 73.2 Å². The van der Waals surface area contributed by atoms with E-state index in [2.05, 4.69) is 37.5 Å². The lowest BCUT2D eigenvalue weighted by molar-refractivity contribution is -0.139. The molecule has 0 saturated carbocycles. The SMILES string of the molecule is C=NC(NN1CN(CC(=O)NC(=C/C)/C(Cl)=C\CC(C)(F)F)C(CC)=C(N2CCN(C(=O)c3ncnc(C)c3O)CC2)C1=O)c1cnn2c1CCCC2. The fourth-order valence-corrected chi connectivity index (χ4v) is 6.86. The van der Waals surface area contributed by atoms with Crippen molar-refractivity contribution in [3.8, 4) is 5.75 Å². The first kappa shape index (κ1) is 39.3. The van der Waals surface area contributed by atoms with Crippen molar-refractivity contribution in [1.82, 2.24) is 50.2 Å². The normalized spacial score (nSPS) is 18.0. The highest BCUT2D eigenvalue weighted by Gasteiger charge is 2.38. The molecule has 1 saturated heterocycles. The summed E-state index contributed by atoms with van der Waals surface area (Å²) < 4.78 is 29.0. The summed E-state index contributed by atoms with van der Waals surface area (Å²) in [4.78, 5) is 58.7. The fourth-order valence-electron chi connectivity index (χ4n) is 6.62. The van der Waals surface area contributed by atoms with Crippen molar-refractivity contribution < 1.29 is 28.3 Å². The molecule has 1 atom stereocenters. The van der Waals surface area contributed by atoms with Crippen molar-refractivity contribution in [3.05, 3.63) is 69.4 Å². The highest BCUT2D eigenvalue weighted by Crippen LogP contribution is 2.30. The molecule has 53 heavy (non-hydrogen) atoms. The third-order valence-corrected chi connectivity index (χ3v) is 9.76. The number of nitrogens with zero attached hydrogens (tertiary/aromatic N) is 9. The Morgan fingerprint density at radius 1 is 1.19 bits per heavy atom. The average Bonchev–Trinajstić information content (AvgIpc) is 3.57. The van der Waals surface area contributed by atoms with E-state index < -0.39 is 30.3 Å². The molecule has 18 heteroatoms. The van der Waals surface area contributed by atoms with Crippen LogP contribution < -0.4 is 10.7 Å². The van der Waals surface area contributed by atoms with Gasteiger partial charge in [-0.3, -0.25) is 29.1 Å². The molecule has 286 valence electrons. The van der Waals surface area contributed by atoms with Gasteiger partial charge in [0.15, 0.2) is 11.4 Å². The van der Waals surface area contributed by atoms with Crippen LogP contribution in [0.2, 0.25) is 0 Å². The van der Waals surface area contributed by atoms with E-state index in [1.165, 1.54) is 17.4 Å². The van der Waals surface area contributed by atoms with Crippen molar-refractivity contribution in [3.63, 3.8) is 0 Å². The van der Waals surface area contributed by atoms with Crippen molar-refractivity contribution in [2.24, 2.45) is 4.99 Å². The Hall–Kier alpha value is -4.90. The van der Waals surface area contributed by atoms with Crippen molar-refractivity contribution in [2.75, 3.05) is 39.4 Å². The van der Waals surface area contributed by atoms with E-state index in [4.69, 9.17) is 11.6 Å². The lowest BCUT2D eigenvalue weighted by Gasteiger charge is -2.45. The third kappa shape index (κ3) is 9.01. The van der Waals surface area contributed by atoms with Crippen LogP contribution in [0.3, 0.4) is 0 Å². The van der Waals surface area contributed by atoms with Gasteiger partial charge in [-0.2, -0.15) is 5.10 Å². The molecular formula is C35H46ClF2N11O4. The van der Waals surface area contributed by atoms with Crippen molar-refractivity contribution >= 4 is 36.0 Å². The Labute approximate surface area is 312 Å². The van der Waals surface area contributed by atoms with E-state index in [0.29, 0.717) is 17.8 Å². The molecule has 0 aromatic carbocycles. The summed E-state index contributed by atoms with van der Waals surface area (Å²) in [6.07, 6.45) is 7.54. The summed E-state index contributed by atoms with van der Waals surface area (Å²) in [5.74, 6) is -4.53. The number of aryl methyl sites for hydroxylation is 2. The maximum Gasteiger partial charge on any atom is 0.287 e. The molecule has 5 heterocycles. The second-order valence-corrected chi connectivity index (χ2v) is 13.6. The summed E-state index contributed by atoms with van der Waals surface area (Å²) in [5.41, 5.74) is 6.38. The minimum atomic E-state index is -2.97. The molecular weight excluding hydrogens is 712 g/mol. The average molecular weight is 758 g/mol. The molecule has 2 aromatic heterocycles. The molecule has 1 fully saturated rings. The molecule has 15 nitrogen and oxygen atoms in total. The molecule has 0 spiro atoms. The largest absolute Gasteiger partial charge is 0.504 e. The summed E-state index contributed by atoms with van der Waals surface area (Å²) in [6.45, 7) is 11.2. The summed E-state index contributed by atoms with van der Waals surface area (Å²) in [7, 11) is 0. The molecule has 3 amide bonds. The molecule has 5 rings (SSSR count). The first-order valence-corrected chi connectivity index (χ1v) is 17.9. The predicted octanol–water partition coefficient (Wildman–Crippen LogP) is 3.60. The zero-order chi connectivity index (χ0) is 38.4. The van der Waals surface area contributed by atoms with Crippen LogP contribution in [-0.2, 0) is 22.6 Å². The topological polar surface area (TPSA) is 164 Å². The van der Waals surface area contributed by atoms with Crippen LogP contribution in [0, 0.1) is 6.92 Å². The Morgan fingerprint density at radius 2 is 1.92 bits per heavy atom. The Morgan fingerprint density at radius 3 is 2.58 bits per heavy atom. The molecule has 3 aliphatic rings. The molecule has 3 N–H and O–H groups in total. The highest BCUT2D eigenvalue weighted by molar-refractivity contribution is 6.32. The predicted molar refractivity (Wildman–Crippen MR) is 193 cm³/mol. The van der Waals surface area contributed by atoms with Gasteiger partial charge in [-0.15, -0.1) is 0 Å². The van der Waals surface area contributed by atoms with E-state index in [1.807, 2.05) is 16.5 Å². The number of hydrazine groups is 1. The number of halogens is 3. The van der Waals surface area contributed by atoms with Crippen LogP contribution in [0.1, 0.15) is 80.1 Å². The van der Waals surface area contributed by atoms with E-state index >= 15 is 0 Å². The lowest BCUT2D eigenvalue weighted by Crippen LogP contribution is -2.59. The molecule has 2 aromatic rings. The Kier molecular flexibility index (Phi) is 12.5. The van der Waals surface area contributed by atoms with Crippen molar-refractivity contribution in [1.29, 1.82) is 0 Å². The van der Waals surface area contributed by atoms with Gasteiger partial charge >= 0.3 is 0 Å². The third-order valence-electron chi connectivity index (χ3n) is 9.40. The van der Waals surface area contributed by atoms with Crippen LogP contribution in [0.4, 0.5) is 8.78 Å². The highest BCUT2D eigenvalue weighted by atomic mass is 35.5. The number of carbonyl (C=O) groups is 3. The number of carbonyl (C=O) groups excluding carboxylic acids is 3. The molecule has 3 aliphatic heterocycles. The van der Waals surface area contributed by atoms with Crippen molar-refractivity contribution in [2.45, 2.75) is 78.4 Å². The number of rotatable bonds is 13. The van der Waals surface area contributed by atoms with Gasteiger partial charge in [-0.1, -0.05) is 30.7 Å². The fraction of sp³-hybridized carbons (Fsp3) is 0.514. The van der Waals surface area contributed by atoms with Crippen LogP contribution >= 0.6 is 11.6 Å². The maximum absolute atomic E-state index is 14.4. The standard InChI is InChI=1S/C35H46ClF2N11O4/c1-6-25(24(36)11-12-35(4,37)38)43-28(50)19-47-21-49(44-32(39-5)23-18-42-48-13-9-8-10-27(23)48)34(53)30(26(47)7-2)45-14-16-46(17-15-45)33(52)29-31(51)22(3)40-20-41-29/h6,11,18,20,32,44,51H,5,7-10,12-17,19,21H2,1-4H3,(H,43,50)/b24-11+,25-6+. The number of hydrogen-bond donors (Lipinski definition) is 3. The number of allylic oxidation sites excluding steroid dienone is 4. The molecule has 1 unspecified atom stereocenters. The minimum Gasteiger partial charge on any atom is -0.504 e. The zero-order valence-corrected chi connectivity index (χ0v) is 31.2. The quantitative estimate of drug-likeness (QED) is 0.203. The second-order valence-electron chi connectivity index (χ2n) is 13.2. The van der Waals surface area contributed by atoms with Gasteiger partial charge in [-0.25, -0.2) is 24.2 Å². The molecule has 0 aliphatic carbocycles. The molecule has 0 radical (unpaired) electrons. The first-order chi connectivity index (χ1) is 25.3. The maximum atomic E-state index is 14.4. The van der Waals surface area contributed by atoms with Gasteiger partial charge < -0.3 is 25.1 Å². The number of nitrogens with one attached hydrogen (secondary N) is 2. The zero-order valence-electron chi connectivity index (χ0n) is 30.4. The number of aromatic nitrogens is 4. The number of fused-ring (bicyclic) bond motifs is 1. The minimum absolute atomic E-state index is 0.0197. The number of amides is 3. The van der Waals surface area contributed by atoms with E-state index in [0.717, 1.165) is 50.1 Å². The van der Waals surface area contributed by atoms with E-state index in [9.17, 15) is 28.3 Å². The number of alkyl halides is 2. The number of aliphatic imine (C=N–C) groups is 1. The van der Waals surface area contributed by atoms with Crippen LogP contribution in [-0.4, -0.2) is 114 Å². The second kappa shape index (κ2) is 16.8. The van der Waals surface area contributed by atoms with Gasteiger partial charge in [0.1, 0.15) is 24.9 Å². The summed E-state index contributed by atoms with van der Waals surface area (Å²) in [5, 5.41) is 19.1. The van der Waals surface area contributed by atoms with Crippen LogP contribution in [0.15, 0.2) is 51.8 Å². The molecule has 0 bridgehead atoms.